The number of likely N-dealkylation sites (tertiary alicyclic amines) is 1. The molecule has 1 N–H and O–H groups in total. The Morgan fingerprint density at radius 2 is 2.00 bits per heavy atom. The molecule has 0 spiro atoms. The fourth-order valence-corrected chi connectivity index (χ4v) is 3.71. The lowest BCUT2D eigenvalue weighted by Gasteiger charge is -2.36. The van der Waals surface area contributed by atoms with Gasteiger partial charge in [0, 0.05) is 18.4 Å². The highest BCUT2D eigenvalue weighted by Gasteiger charge is 2.35. The number of carboxylic acids is 1. The average molecular weight is 353 g/mol. The van der Waals surface area contributed by atoms with E-state index in [1.165, 1.54) is 17.0 Å². The van der Waals surface area contributed by atoms with Crippen molar-refractivity contribution in [2.45, 2.75) is 44.0 Å². The van der Waals surface area contributed by atoms with Gasteiger partial charge in [0.25, 0.3) is 5.91 Å². The molecule has 1 aliphatic heterocycles. The monoisotopic (exact) mass is 353 g/mol. The van der Waals surface area contributed by atoms with Crippen LogP contribution in [0.15, 0.2) is 23.1 Å². The van der Waals surface area contributed by atoms with Gasteiger partial charge in [-0.3, -0.25) is 4.79 Å². The van der Waals surface area contributed by atoms with Crippen LogP contribution in [0.1, 0.15) is 42.6 Å². The van der Waals surface area contributed by atoms with Gasteiger partial charge in [-0.15, -0.1) is 0 Å². The van der Waals surface area contributed by atoms with Crippen molar-refractivity contribution in [3.63, 3.8) is 0 Å². The van der Waals surface area contributed by atoms with Crippen LogP contribution in [0.5, 0.6) is 0 Å². The summed E-state index contributed by atoms with van der Waals surface area (Å²) in [5.74, 6) is -1.19. The summed E-state index contributed by atoms with van der Waals surface area (Å²) in [6.07, 6.45) is 2.80. The predicted molar refractivity (Wildman–Crippen MR) is 89.8 cm³/mol. The molecule has 2 atom stereocenters. The number of nitrogens with zero attached hydrogens (tertiary/aromatic N) is 1. The van der Waals surface area contributed by atoms with Crippen LogP contribution in [0.25, 0.3) is 0 Å². The van der Waals surface area contributed by atoms with Crippen LogP contribution < -0.4 is 0 Å². The molecule has 1 fully saturated rings. The lowest BCUT2D eigenvalue weighted by atomic mass is 9.91. The largest absolute Gasteiger partial charge is 0.480 e. The van der Waals surface area contributed by atoms with E-state index in [-0.39, 0.29) is 16.4 Å². The van der Waals surface area contributed by atoms with Gasteiger partial charge in [0.1, 0.15) is 6.04 Å². The molecule has 24 heavy (non-hydrogen) atoms. The van der Waals surface area contributed by atoms with Gasteiger partial charge in [-0.05, 0) is 42.9 Å². The number of amides is 1. The van der Waals surface area contributed by atoms with Crippen LogP contribution in [0.3, 0.4) is 0 Å². The molecule has 1 saturated heterocycles. The molecule has 1 aromatic rings. The van der Waals surface area contributed by atoms with Crippen LogP contribution in [0.2, 0.25) is 0 Å². The van der Waals surface area contributed by atoms with Gasteiger partial charge in [0.05, 0.1) is 4.90 Å². The molecule has 1 aliphatic rings. The van der Waals surface area contributed by atoms with Crippen LogP contribution in [0, 0.1) is 5.92 Å². The molecular formula is C17H23NO5S. The van der Waals surface area contributed by atoms with Crippen molar-refractivity contribution in [1.82, 2.24) is 4.90 Å². The number of benzene rings is 1. The van der Waals surface area contributed by atoms with E-state index in [0.29, 0.717) is 19.4 Å². The number of hydrogen-bond acceptors (Lipinski definition) is 4. The number of carbonyl (C=O) groups excluding carboxylic acids is 1. The van der Waals surface area contributed by atoms with E-state index >= 15 is 0 Å². The van der Waals surface area contributed by atoms with Crippen molar-refractivity contribution in [1.29, 1.82) is 0 Å². The second-order valence-electron chi connectivity index (χ2n) is 6.43. The van der Waals surface area contributed by atoms with Gasteiger partial charge in [-0.25, -0.2) is 13.2 Å². The van der Waals surface area contributed by atoms with Crippen molar-refractivity contribution in [2.24, 2.45) is 5.92 Å². The SMILES string of the molecule is CCc1ccc(S(C)(=O)=O)cc1C(=O)N1CCC(C)CC1C(=O)O. The topological polar surface area (TPSA) is 91.8 Å². The average Bonchev–Trinajstić information content (AvgIpc) is 2.52. The molecular weight excluding hydrogens is 330 g/mol. The zero-order chi connectivity index (χ0) is 18.1. The van der Waals surface area contributed by atoms with Gasteiger partial charge in [-0.1, -0.05) is 19.9 Å². The maximum Gasteiger partial charge on any atom is 0.326 e. The summed E-state index contributed by atoms with van der Waals surface area (Å²) in [4.78, 5) is 25.9. The van der Waals surface area contributed by atoms with E-state index in [9.17, 15) is 23.1 Å². The molecule has 7 heteroatoms. The Labute approximate surface area is 142 Å². The molecule has 1 amide bonds. The Hall–Kier alpha value is -1.89. The van der Waals surface area contributed by atoms with Crippen molar-refractivity contribution in [2.75, 3.05) is 12.8 Å². The van der Waals surface area contributed by atoms with Gasteiger partial charge < -0.3 is 10.0 Å². The summed E-state index contributed by atoms with van der Waals surface area (Å²) < 4.78 is 23.6. The van der Waals surface area contributed by atoms with Gasteiger partial charge in [0.2, 0.25) is 0 Å². The normalized spacial score (nSPS) is 21.5. The van der Waals surface area contributed by atoms with Crippen LogP contribution in [-0.2, 0) is 21.1 Å². The first-order valence-electron chi connectivity index (χ1n) is 8.02. The minimum atomic E-state index is -3.44. The van der Waals surface area contributed by atoms with E-state index in [2.05, 4.69) is 0 Å². The number of aliphatic carboxylic acids is 1. The lowest BCUT2D eigenvalue weighted by Crippen LogP contribution is -2.50. The van der Waals surface area contributed by atoms with E-state index in [1.807, 2.05) is 13.8 Å². The van der Waals surface area contributed by atoms with Gasteiger partial charge in [0.15, 0.2) is 9.84 Å². The third-order valence-electron chi connectivity index (χ3n) is 4.53. The number of carboxylic acid groups (broad SMARTS) is 1. The van der Waals surface area contributed by atoms with E-state index in [4.69, 9.17) is 0 Å². The van der Waals surface area contributed by atoms with E-state index in [0.717, 1.165) is 18.2 Å². The Bertz CT molecular complexity index is 756. The molecule has 0 saturated carbocycles. The number of carbonyl (C=O) groups is 2. The van der Waals surface area contributed by atoms with Crippen molar-refractivity contribution >= 4 is 21.7 Å². The third-order valence-corrected chi connectivity index (χ3v) is 5.64. The third kappa shape index (κ3) is 3.77. The molecule has 6 nitrogen and oxygen atoms in total. The van der Waals surface area contributed by atoms with Crippen molar-refractivity contribution in [3.05, 3.63) is 29.3 Å². The zero-order valence-electron chi connectivity index (χ0n) is 14.2. The summed E-state index contributed by atoms with van der Waals surface area (Å²) in [5.41, 5.74) is 0.997. The summed E-state index contributed by atoms with van der Waals surface area (Å²) in [6, 6.07) is 3.62. The molecule has 0 radical (unpaired) electrons. The fourth-order valence-electron chi connectivity index (χ4n) is 3.07. The van der Waals surface area contributed by atoms with Crippen LogP contribution in [0.4, 0.5) is 0 Å². The quantitative estimate of drug-likeness (QED) is 0.893. The number of aryl methyl sites for hydroxylation is 1. The molecule has 132 valence electrons. The van der Waals surface area contributed by atoms with Crippen molar-refractivity contribution < 1.29 is 23.1 Å². The Balaban J connectivity index is 2.45. The highest BCUT2D eigenvalue weighted by atomic mass is 32.2. The zero-order valence-corrected chi connectivity index (χ0v) is 15.0. The maximum atomic E-state index is 12.9. The predicted octanol–water partition coefficient (Wildman–Crippen LogP) is 1.98. The molecule has 1 heterocycles. The molecule has 0 bridgehead atoms. The number of rotatable bonds is 4. The number of piperidine rings is 1. The maximum absolute atomic E-state index is 12.9. The lowest BCUT2D eigenvalue weighted by molar-refractivity contribution is -0.144. The molecule has 1 aromatic carbocycles. The molecule has 2 unspecified atom stereocenters. The van der Waals surface area contributed by atoms with Gasteiger partial charge in [-0.2, -0.15) is 0 Å². The molecule has 2 rings (SSSR count). The van der Waals surface area contributed by atoms with Gasteiger partial charge >= 0.3 is 5.97 Å². The highest BCUT2D eigenvalue weighted by molar-refractivity contribution is 7.90. The Kier molecular flexibility index (Phi) is 5.32. The minimum Gasteiger partial charge on any atom is -0.480 e. The Morgan fingerprint density at radius 3 is 2.54 bits per heavy atom. The first-order valence-corrected chi connectivity index (χ1v) is 9.91. The first kappa shape index (κ1) is 18.4. The first-order chi connectivity index (χ1) is 11.1. The van der Waals surface area contributed by atoms with Crippen LogP contribution >= 0.6 is 0 Å². The summed E-state index contributed by atoms with van der Waals surface area (Å²) in [5, 5.41) is 9.44. The molecule has 0 aromatic heterocycles. The van der Waals surface area contributed by atoms with E-state index < -0.39 is 27.8 Å². The molecule has 0 aliphatic carbocycles. The number of sulfone groups is 1. The minimum absolute atomic E-state index is 0.0697. The van der Waals surface area contributed by atoms with Crippen LogP contribution in [-0.4, -0.2) is 49.1 Å². The Morgan fingerprint density at radius 1 is 1.33 bits per heavy atom. The standard InChI is InChI=1S/C17H23NO5S/c1-4-12-5-6-13(24(3,22)23)10-14(12)16(19)18-8-7-11(2)9-15(18)17(20)21/h5-6,10-11,15H,4,7-9H2,1-3H3,(H,20,21). The summed E-state index contributed by atoms with van der Waals surface area (Å²) >= 11 is 0. The van der Waals surface area contributed by atoms with E-state index in [1.54, 1.807) is 6.07 Å². The number of hydrogen-bond donors (Lipinski definition) is 1. The highest BCUT2D eigenvalue weighted by Crippen LogP contribution is 2.26. The summed E-state index contributed by atoms with van der Waals surface area (Å²) in [7, 11) is -3.44. The van der Waals surface area contributed by atoms with Crippen molar-refractivity contribution in [3.8, 4) is 0 Å². The summed E-state index contributed by atoms with van der Waals surface area (Å²) in [6.45, 7) is 4.21. The smallest absolute Gasteiger partial charge is 0.326 e. The second-order valence-corrected chi connectivity index (χ2v) is 8.44. The second kappa shape index (κ2) is 6.93. The fraction of sp³-hybridized carbons (Fsp3) is 0.529.